The topological polar surface area (TPSA) is 52.1 Å². The number of nitrogens with zero attached hydrogens (tertiary/aromatic N) is 2. The first-order valence-corrected chi connectivity index (χ1v) is 7.33. The van der Waals surface area contributed by atoms with Crippen molar-refractivity contribution in [2.75, 3.05) is 0 Å². The summed E-state index contributed by atoms with van der Waals surface area (Å²) in [6, 6.07) is 4.61. The van der Waals surface area contributed by atoms with Crippen LogP contribution in [0.1, 0.15) is 37.7 Å². The molecule has 108 valence electrons. The molecule has 1 saturated carbocycles. The summed E-state index contributed by atoms with van der Waals surface area (Å²) in [5.74, 6) is 1.77. The normalized spacial score (nSPS) is 14.8. The monoisotopic (exact) mass is 275 g/mol. The largest absolute Gasteiger partial charge is 0.463 e. The summed E-state index contributed by atoms with van der Waals surface area (Å²) in [5, 5.41) is 3.42. The zero-order chi connectivity index (χ0) is 13.9. The molecule has 0 saturated heterocycles. The summed E-state index contributed by atoms with van der Waals surface area (Å²) in [6.45, 7) is 4.10. The molecule has 1 fully saturated rings. The average Bonchev–Trinajstić information content (AvgIpc) is 3.08. The van der Waals surface area contributed by atoms with Crippen LogP contribution in [0.25, 0.3) is 0 Å². The second-order valence-electron chi connectivity index (χ2n) is 5.43. The van der Waals surface area contributed by atoms with Gasteiger partial charge in [0.15, 0.2) is 0 Å². The van der Waals surface area contributed by atoms with E-state index in [2.05, 4.69) is 12.2 Å². The Hall–Kier alpha value is -1.75. The third-order valence-corrected chi connectivity index (χ3v) is 3.57. The molecule has 0 bridgehead atoms. The van der Waals surface area contributed by atoms with E-state index in [9.17, 15) is 4.79 Å². The second-order valence-corrected chi connectivity index (χ2v) is 5.43. The maximum Gasteiger partial charge on any atom is 0.328 e. The first-order chi connectivity index (χ1) is 9.76. The summed E-state index contributed by atoms with van der Waals surface area (Å²) < 4.78 is 9.18. The Morgan fingerprint density at radius 3 is 2.75 bits per heavy atom. The van der Waals surface area contributed by atoms with Crippen LogP contribution in [0.4, 0.5) is 0 Å². The molecule has 0 amide bonds. The van der Waals surface area contributed by atoms with Crippen molar-refractivity contribution in [1.82, 2.24) is 14.5 Å². The van der Waals surface area contributed by atoms with Crippen LogP contribution >= 0.6 is 0 Å². The van der Waals surface area contributed by atoms with Crippen LogP contribution < -0.4 is 11.0 Å². The molecule has 2 heterocycles. The summed E-state index contributed by atoms with van der Waals surface area (Å²) >= 11 is 0. The predicted octanol–water partition coefficient (Wildman–Crippen LogP) is 1.95. The van der Waals surface area contributed by atoms with Crippen LogP contribution in [0.15, 0.2) is 33.7 Å². The van der Waals surface area contributed by atoms with Crippen LogP contribution in [-0.2, 0) is 19.6 Å². The summed E-state index contributed by atoms with van der Waals surface area (Å²) in [4.78, 5) is 12.1. The molecule has 5 nitrogen and oxygen atoms in total. The van der Waals surface area contributed by atoms with Crippen LogP contribution in [0, 0.1) is 0 Å². The number of furan rings is 1. The smallest absolute Gasteiger partial charge is 0.328 e. The van der Waals surface area contributed by atoms with Crippen molar-refractivity contribution in [1.29, 1.82) is 0 Å². The standard InChI is InChI=1S/C15H21N3O2/c1-2-7-17-8-9-18(15(17)19)11-14-6-5-13(20-14)10-16-12-3-4-12/h5-6,8-9,12,16H,2-4,7,10-11H2,1H3. The Kier molecular flexibility index (Phi) is 3.78. The predicted molar refractivity (Wildman–Crippen MR) is 76.7 cm³/mol. The number of nitrogens with one attached hydrogen (secondary N) is 1. The van der Waals surface area contributed by atoms with Crippen LogP contribution in [-0.4, -0.2) is 15.2 Å². The summed E-state index contributed by atoms with van der Waals surface area (Å²) in [6.07, 6.45) is 7.16. The van der Waals surface area contributed by atoms with Gasteiger partial charge in [0.25, 0.3) is 0 Å². The Bertz CT molecular complexity index is 619. The van der Waals surface area contributed by atoms with E-state index in [-0.39, 0.29) is 5.69 Å². The Morgan fingerprint density at radius 2 is 2.00 bits per heavy atom. The minimum atomic E-state index is 0.0286. The lowest BCUT2D eigenvalue weighted by atomic mass is 10.4. The van der Waals surface area contributed by atoms with E-state index < -0.39 is 0 Å². The van der Waals surface area contributed by atoms with E-state index >= 15 is 0 Å². The Labute approximate surface area is 118 Å². The number of hydrogen-bond acceptors (Lipinski definition) is 3. The van der Waals surface area contributed by atoms with Crippen LogP contribution in [0.2, 0.25) is 0 Å². The number of aromatic nitrogens is 2. The fraction of sp³-hybridized carbons (Fsp3) is 0.533. The van der Waals surface area contributed by atoms with Gasteiger partial charge >= 0.3 is 5.69 Å². The highest BCUT2D eigenvalue weighted by Gasteiger charge is 2.20. The van der Waals surface area contributed by atoms with Crippen molar-refractivity contribution >= 4 is 0 Å². The van der Waals surface area contributed by atoms with Gasteiger partial charge in [-0.3, -0.25) is 9.13 Å². The molecule has 0 radical (unpaired) electrons. The quantitative estimate of drug-likeness (QED) is 0.840. The zero-order valence-electron chi connectivity index (χ0n) is 11.8. The minimum Gasteiger partial charge on any atom is -0.463 e. The molecule has 0 unspecified atom stereocenters. The molecule has 5 heteroatoms. The van der Waals surface area contributed by atoms with Crippen molar-refractivity contribution in [3.63, 3.8) is 0 Å². The van der Waals surface area contributed by atoms with Crippen LogP contribution in [0.5, 0.6) is 0 Å². The first-order valence-electron chi connectivity index (χ1n) is 7.33. The molecule has 0 atom stereocenters. The Morgan fingerprint density at radius 1 is 1.25 bits per heavy atom. The van der Waals surface area contributed by atoms with Crippen LogP contribution in [0.3, 0.4) is 0 Å². The van der Waals surface area contributed by atoms with Gasteiger partial charge in [0.05, 0.1) is 13.1 Å². The molecule has 0 spiro atoms. The van der Waals surface area contributed by atoms with Gasteiger partial charge in [-0.1, -0.05) is 6.92 Å². The van der Waals surface area contributed by atoms with Gasteiger partial charge in [-0.25, -0.2) is 4.79 Å². The third-order valence-electron chi connectivity index (χ3n) is 3.57. The molecular weight excluding hydrogens is 254 g/mol. The maximum absolute atomic E-state index is 12.1. The van der Waals surface area contributed by atoms with Crippen molar-refractivity contribution in [2.24, 2.45) is 0 Å². The molecular formula is C15H21N3O2. The van der Waals surface area contributed by atoms with E-state index in [0.717, 1.165) is 31.0 Å². The minimum absolute atomic E-state index is 0.0286. The molecule has 2 aromatic heterocycles. The molecule has 1 aliphatic carbocycles. The molecule has 0 aromatic carbocycles. The van der Waals surface area contributed by atoms with E-state index in [1.807, 2.05) is 24.5 Å². The lowest BCUT2D eigenvalue weighted by molar-refractivity contribution is 0.433. The van der Waals surface area contributed by atoms with Gasteiger partial charge in [-0.2, -0.15) is 0 Å². The Balaban J connectivity index is 1.63. The van der Waals surface area contributed by atoms with Gasteiger partial charge in [0.1, 0.15) is 11.5 Å². The molecule has 0 aliphatic heterocycles. The van der Waals surface area contributed by atoms with Gasteiger partial charge < -0.3 is 9.73 Å². The van der Waals surface area contributed by atoms with Crippen molar-refractivity contribution < 1.29 is 4.42 Å². The van der Waals surface area contributed by atoms with Gasteiger partial charge in [-0.05, 0) is 31.4 Å². The molecule has 1 N–H and O–H groups in total. The van der Waals surface area contributed by atoms with Gasteiger partial charge in [0, 0.05) is 25.0 Å². The maximum atomic E-state index is 12.1. The van der Waals surface area contributed by atoms with Gasteiger partial charge in [-0.15, -0.1) is 0 Å². The lowest BCUT2D eigenvalue weighted by Crippen LogP contribution is -2.24. The average molecular weight is 275 g/mol. The highest BCUT2D eigenvalue weighted by atomic mass is 16.3. The molecule has 2 aromatic rings. The second kappa shape index (κ2) is 5.71. The van der Waals surface area contributed by atoms with E-state index in [1.54, 1.807) is 9.13 Å². The van der Waals surface area contributed by atoms with Crippen molar-refractivity contribution in [2.45, 2.75) is 51.9 Å². The number of hydrogen-bond donors (Lipinski definition) is 1. The highest BCUT2D eigenvalue weighted by molar-refractivity contribution is 5.08. The van der Waals surface area contributed by atoms with Crippen molar-refractivity contribution in [3.05, 3.63) is 46.5 Å². The van der Waals surface area contributed by atoms with Gasteiger partial charge in [0.2, 0.25) is 0 Å². The third kappa shape index (κ3) is 3.04. The number of aryl methyl sites for hydroxylation is 1. The van der Waals surface area contributed by atoms with E-state index in [4.69, 9.17) is 4.42 Å². The SMILES string of the molecule is CCCn1ccn(Cc2ccc(CNC3CC3)o2)c1=O. The lowest BCUT2D eigenvalue weighted by Gasteiger charge is -2.00. The summed E-state index contributed by atoms with van der Waals surface area (Å²) in [5.41, 5.74) is 0.0286. The first kappa shape index (κ1) is 13.2. The van der Waals surface area contributed by atoms with E-state index in [0.29, 0.717) is 12.6 Å². The van der Waals surface area contributed by atoms with E-state index in [1.165, 1.54) is 12.8 Å². The number of imidazole rings is 1. The number of rotatable bonds is 7. The molecule has 20 heavy (non-hydrogen) atoms. The highest BCUT2D eigenvalue weighted by Crippen LogP contribution is 2.19. The molecule has 3 rings (SSSR count). The summed E-state index contributed by atoms with van der Waals surface area (Å²) in [7, 11) is 0. The molecule has 1 aliphatic rings. The fourth-order valence-electron chi connectivity index (χ4n) is 2.29. The zero-order valence-corrected chi connectivity index (χ0v) is 11.8. The fourth-order valence-corrected chi connectivity index (χ4v) is 2.29. The van der Waals surface area contributed by atoms with Crippen molar-refractivity contribution in [3.8, 4) is 0 Å².